The highest BCUT2D eigenvalue weighted by atomic mass is 19.1. The number of rotatable bonds is 2. The Morgan fingerprint density at radius 1 is 1.06 bits per heavy atom. The van der Waals surface area contributed by atoms with Gasteiger partial charge in [-0.05, 0) is 29.3 Å². The lowest BCUT2D eigenvalue weighted by Gasteiger charge is -1.98. The summed E-state index contributed by atoms with van der Waals surface area (Å²) in [5.41, 5.74) is 7.74. The topological polar surface area (TPSA) is 30.9 Å². The number of aromatic nitrogens is 1. The molecule has 0 fully saturated rings. The number of aryl methyl sites for hydroxylation is 1. The number of nitrogens with two attached hydrogens (primary N) is 1. The molecule has 1 aromatic heterocycles. The van der Waals surface area contributed by atoms with E-state index in [1.165, 1.54) is 12.1 Å². The van der Waals surface area contributed by atoms with E-state index in [4.69, 9.17) is 5.73 Å². The van der Waals surface area contributed by atoms with Crippen LogP contribution in [0.15, 0.2) is 30.5 Å². The molecule has 16 heavy (non-hydrogen) atoms. The van der Waals surface area contributed by atoms with Crippen molar-refractivity contribution in [1.82, 2.24) is 4.57 Å². The van der Waals surface area contributed by atoms with Crippen LogP contribution in [0.3, 0.4) is 0 Å². The van der Waals surface area contributed by atoms with Crippen LogP contribution in [0.4, 0.5) is 8.78 Å². The highest BCUT2D eigenvalue weighted by Gasteiger charge is 2.06. The molecule has 1 aromatic carbocycles. The first-order valence-corrected chi connectivity index (χ1v) is 4.92. The molecule has 2 rings (SSSR count). The highest BCUT2D eigenvalue weighted by Crippen LogP contribution is 2.23. The third-order valence-electron chi connectivity index (χ3n) is 2.51. The minimum atomic E-state index is -0.576. The summed E-state index contributed by atoms with van der Waals surface area (Å²) in [4.78, 5) is 0. The fourth-order valence-corrected chi connectivity index (χ4v) is 1.69. The summed E-state index contributed by atoms with van der Waals surface area (Å²) in [6, 6.07) is 5.29. The average Bonchev–Trinajstić information content (AvgIpc) is 2.58. The maximum absolute atomic E-state index is 13.0. The summed E-state index contributed by atoms with van der Waals surface area (Å²) in [6.45, 7) is 0.397. The van der Waals surface area contributed by atoms with E-state index in [1.807, 2.05) is 17.7 Å². The molecule has 2 N–H and O–H groups in total. The molecule has 0 unspecified atom stereocenters. The zero-order valence-corrected chi connectivity index (χ0v) is 8.87. The first kappa shape index (κ1) is 10.8. The number of hydrogen-bond acceptors (Lipinski definition) is 1. The molecule has 0 aliphatic rings. The molecule has 0 atom stereocenters. The molecule has 2 nitrogen and oxygen atoms in total. The Bertz CT molecular complexity index is 497. The second-order valence-corrected chi connectivity index (χ2v) is 3.69. The largest absolute Gasteiger partial charge is 0.353 e. The van der Waals surface area contributed by atoms with Gasteiger partial charge >= 0.3 is 0 Å². The van der Waals surface area contributed by atoms with Gasteiger partial charge < -0.3 is 10.3 Å². The number of nitrogens with zero attached hydrogens (tertiary/aromatic N) is 1. The third-order valence-corrected chi connectivity index (χ3v) is 2.51. The van der Waals surface area contributed by atoms with Crippen molar-refractivity contribution in [3.8, 4) is 11.1 Å². The standard InChI is InChI=1S/C12H12F2N2/c1-16-7-9(4-12(16)6-15)8-2-10(13)5-11(14)3-8/h2-5,7H,6,15H2,1H3. The fraction of sp³-hybridized carbons (Fsp3) is 0.167. The van der Waals surface area contributed by atoms with Crippen molar-refractivity contribution in [1.29, 1.82) is 0 Å². The summed E-state index contributed by atoms with van der Waals surface area (Å²) in [7, 11) is 1.85. The summed E-state index contributed by atoms with van der Waals surface area (Å²) < 4.78 is 27.9. The van der Waals surface area contributed by atoms with Gasteiger partial charge in [-0.2, -0.15) is 0 Å². The van der Waals surface area contributed by atoms with Gasteiger partial charge in [0.1, 0.15) is 11.6 Å². The molecule has 0 aliphatic carbocycles. The monoisotopic (exact) mass is 222 g/mol. The van der Waals surface area contributed by atoms with E-state index in [-0.39, 0.29) is 0 Å². The molecule has 0 radical (unpaired) electrons. The Hall–Kier alpha value is -1.68. The lowest BCUT2D eigenvalue weighted by atomic mass is 10.1. The maximum atomic E-state index is 13.0. The number of halogens is 2. The predicted molar refractivity (Wildman–Crippen MR) is 58.7 cm³/mol. The van der Waals surface area contributed by atoms with E-state index in [0.717, 1.165) is 17.3 Å². The van der Waals surface area contributed by atoms with Crippen molar-refractivity contribution in [2.45, 2.75) is 6.54 Å². The SMILES string of the molecule is Cn1cc(-c2cc(F)cc(F)c2)cc1CN. The van der Waals surface area contributed by atoms with Crippen molar-refractivity contribution >= 4 is 0 Å². The molecule has 1 heterocycles. The molecular weight excluding hydrogens is 210 g/mol. The second kappa shape index (κ2) is 4.06. The van der Waals surface area contributed by atoms with Crippen LogP contribution in [-0.2, 0) is 13.6 Å². The van der Waals surface area contributed by atoms with Crippen LogP contribution in [0.2, 0.25) is 0 Å². The zero-order chi connectivity index (χ0) is 11.7. The summed E-state index contributed by atoms with van der Waals surface area (Å²) in [5.74, 6) is -1.15. The van der Waals surface area contributed by atoms with E-state index < -0.39 is 11.6 Å². The lowest BCUT2D eigenvalue weighted by molar-refractivity contribution is 0.584. The second-order valence-electron chi connectivity index (χ2n) is 3.69. The van der Waals surface area contributed by atoms with Gasteiger partial charge in [-0.3, -0.25) is 0 Å². The van der Waals surface area contributed by atoms with Crippen LogP contribution in [-0.4, -0.2) is 4.57 Å². The van der Waals surface area contributed by atoms with Crippen molar-refractivity contribution in [3.05, 3.63) is 47.8 Å². The van der Waals surface area contributed by atoms with E-state index in [0.29, 0.717) is 12.1 Å². The van der Waals surface area contributed by atoms with Crippen LogP contribution in [0.25, 0.3) is 11.1 Å². The summed E-state index contributed by atoms with van der Waals surface area (Å²) in [5, 5.41) is 0. The Balaban J connectivity index is 2.49. The maximum Gasteiger partial charge on any atom is 0.126 e. The van der Waals surface area contributed by atoms with Gasteiger partial charge in [0, 0.05) is 31.5 Å². The molecule has 4 heteroatoms. The van der Waals surface area contributed by atoms with Crippen LogP contribution in [0, 0.1) is 11.6 Å². The molecular formula is C12H12F2N2. The number of hydrogen-bond donors (Lipinski definition) is 1. The minimum Gasteiger partial charge on any atom is -0.353 e. The molecule has 0 aliphatic heterocycles. The molecule has 0 bridgehead atoms. The van der Waals surface area contributed by atoms with E-state index in [9.17, 15) is 8.78 Å². The fourth-order valence-electron chi connectivity index (χ4n) is 1.69. The van der Waals surface area contributed by atoms with Crippen molar-refractivity contribution in [2.75, 3.05) is 0 Å². The van der Waals surface area contributed by atoms with Crippen LogP contribution >= 0.6 is 0 Å². The first-order chi connectivity index (χ1) is 7.60. The van der Waals surface area contributed by atoms with E-state index >= 15 is 0 Å². The quantitative estimate of drug-likeness (QED) is 0.831. The smallest absolute Gasteiger partial charge is 0.126 e. The van der Waals surface area contributed by atoms with Gasteiger partial charge in [-0.1, -0.05) is 0 Å². The highest BCUT2D eigenvalue weighted by molar-refractivity contribution is 5.63. The molecule has 0 spiro atoms. The van der Waals surface area contributed by atoms with Crippen molar-refractivity contribution in [2.24, 2.45) is 12.8 Å². The van der Waals surface area contributed by atoms with Crippen molar-refractivity contribution in [3.63, 3.8) is 0 Å². The van der Waals surface area contributed by atoms with Gasteiger partial charge in [0.15, 0.2) is 0 Å². The van der Waals surface area contributed by atoms with Gasteiger partial charge in [0.05, 0.1) is 0 Å². The number of benzene rings is 1. The normalized spacial score (nSPS) is 10.8. The Kier molecular flexibility index (Phi) is 2.75. The average molecular weight is 222 g/mol. The Morgan fingerprint density at radius 2 is 1.69 bits per heavy atom. The molecule has 0 saturated carbocycles. The van der Waals surface area contributed by atoms with Crippen molar-refractivity contribution < 1.29 is 8.78 Å². The molecule has 0 amide bonds. The summed E-state index contributed by atoms with van der Waals surface area (Å²) in [6.07, 6.45) is 1.80. The first-order valence-electron chi connectivity index (χ1n) is 4.92. The van der Waals surface area contributed by atoms with E-state index in [2.05, 4.69) is 0 Å². The van der Waals surface area contributed by atoms with Gasteiger partial charge in [-0.15, -0.1) is 0 Å². The van der Waals surface area contributed by atoms with E-state index in [1.54, 1.807) is 6.20 Å². The van der Waals surface area contributed by atoms with Gasteiger partial charge in [0.25, 0.3) is 0 Å². The summed E-state index contributed by atoms with van der Waals surface area (Å²) >= 11 is 0. The zero-order valence-electron chi connectivity index (χ0n) is 8.87. The Morgan fingerprint density at radius 3 is 2.19 bits per heavy atom. The molecule has 84 valence electrons. The Labute approximate surface area is 92.3 Å². The van der Waals surface area contributed by atoms with Crippen LogP contribution < -0.4 is 5.73 Å². The third kappa shape index (κ3) is 1.97. The molecule has 0 saturated heterocycles. The minimum absolute atomic E-state index is 0.397. The van der Waals surface area contributed by atoms with Crippen LogP contribution in [0.5, 0.6) is 0 Å². The lowest BCUT2D eigenvalue weighted by Crippen LogP contribution is -2.01. The van der Waals surface area contributed by atoms with Gasteiger partial charge in [0.2, 0.25) is 0 Å². The molecule has 2 aromatic rings. The van der Waals surface area contributed by atoms with Gasteiger partial charge in [-0.25, -0.2) is 8.78 Å². The van der Waals surface area contributed by atoms with Crippen LogP contribution in [0.1, 0.15) is 5.69 Å². The predicted octanol–water partition coefficient (Wildman–Crippen LogP) is 2.43.